The molecule has 38 heavy (non-hydrogen) atoms. The lowest BCUT2D eigenvalue weighted by Crippen LogP contribution is -2.55. The first-order valence-electron chi connectivity index (χ1n) is 15.9. The van der Waals surface area contributed by atoms with E-state index in [-0.39, 0.29) is 12.1 Å². The van der Waals surface area contributed by atoms with Gasteiger partial charge in [0.05, 0.1) is 12.7 Å². The molecule has 2 amide bonds. The van der Waals surface area contributed by atoms with E-state index >= 15 is 0 Å². The molecule has 4 aliphatic carbocycles. The van der Waals surface area contributed by atoms with Gasteiger partial charge in [0.1, 0.15) is 0 Å². The van der Waals surface area contributed by atoms with Crippen LogP contribution >= 0.6 is 12.1 Å². The first-order valence-corrected chi connectivity index (χ1v) is 16.6. The second-order valence-corrected chi connectivity index (χ2v) is 14.5. The Kier molecular flexibility index (Phi) is 10.8. The number of rotatable bonds is 7. The van der Waals surface area contributed by atoms with Crippen molar-refractivity contribution in [1.82, 2.24) is 14.3 Å². The summed E-state index contributed by atoms with van der Waals surface area (Å²) in [5.74, 6) is 5.72. The average molecular weight is 552 g/mol. The average Bonchev–Trinajstić information content (AvgIpc) is 3.26. The first kappa shape index (κ1) is 30.5. The minimum absolute atomic E-state index is 0.0572. The molecule has 1 saturated heterocycles. The maximum Gasteiger partial charge on any atom is 0.325 e. The fourth-order valence-corrected chi connectivity index (χ4v) is 10.9. The molecule has 5 fully saturated rings. The van der Waals surface area contributed by atoms with Crippen molar-refractivity contribution in [3.8, 4) is 0 Å². The van der Waals surface area contributed by atoms with Crippen LogP contribution in [0.4, 0.5) is 4.79 Å². The molecule has 6 unspecified atom stereocenters. The minimum Gasteiger partial charge on any atom is -0.400 e. The van der Waals surface area contributed by atoms with Crippen LogP contribution in [-0.2, 0) is 4.74 Å². The third-order valence-electron chi connectivity index (χ3n) is 12.0. The van der Waals surface area contributed by atoms with Crippen LogP contribution in [0.15, 0.2) is 0 Å². The van der Waals surface area contributed by atoms with Crippen LogP contribution in [0.25, 0.3) is 0 Å². The number of urea groups is 1. The molecule has 220 valence electrons. The van der Waals surface area contributed by atoms with E-state index < -0.39 is 0 Å². The zero-order valence-electron chi connectivity index (χ0n) is 25.0. The summed E-state index contributed by atoms with van der Waals surface area (Å²) in [6.45, 7) is 13.2. The molecule has 4 saturated carbocycles. The van der Waals surface area contributed by atoms with Crippen LogP contribution in [0.2, 0.25) is 0 Å². The van der Waals surface area contributed by atoms with Crippen molar-refractivity contribution in [2.45, 2.75) is 111 Å². The molecule has 0 aromatic heterocycles. The van der Waals surface area contributed by atoms with Crippen molar-refractivity contribution in [2.24, 2.45) is 46.3 Å². The Balaban J connectivity index is 0.00000164. The largest absolute Gasteiger partial charge is 0.400 e. The van der Waals surface area contributed by atoms with Crippen molar-refractivity contribution in [3.63, 3.8) is 0 Å². The zero-order chi connectivity index (χ0) is 27.3. The lowest BCUT2D eigenvalue weighted by molar-refractivity contribution is -0.135. The van der Waals surface area contributed by atoms with Gasteiger partial charge in [-0.15, -0.1) is 0 Å². The number of aliphatic hydroxyl groups excluding tert-OH is 1. The van der Waals surface area contributed by atoms with E-state index in [1.54, 1.807) is 0 Å². The predicted molar refractivity (Wildman–Crippen MR) is 157 cm³/mol. The van der Waals surface area contributed by atoms with Crippen LogP contribution in [0.1, 0.15) is 105 Å². The number of aliphatic hydroxyl groups is 1. The fraction of sp³-hybridized carbons (Fsp3) is 0.968. The predicted octanol–water partition coefficient (Wildman–Crippen LogP) is 6.64. The summed E-state index contributed by atoms with van der Waals surface area (Å²) in [6.07, 6.45) is 17.3. The van der Waals surface area contributed by atoms with Gasteiger partial charge in [0.15, 0.2) is 0 Å². The second-order valence-electron chi connectivity index (χ2n) is 13.6. The molecule has 3 N–H and O–H groups in total. The van der Waals surface area contributed by atoms with Crippen molar-refractivity contribution in [2.75, 3.05) is 33.4 Å². The van der Waals surface area contributed by atoms with Crippen molar-refractivity contribution in [1.29, 1.82) is 0 Å². The number of amides is 2. The van der Waals surface area contributed by atoms with Crippen molar-refractivity contribution in [3.05, 3.63) is 0 Å². The minimum atomic E-state index is -0.0572. The molecule has 0 aromatic rings. The van der Waals surface area contributed by atoms with Crippen LogP contribution in [0, 0.1) is 46.3 Å². The number of nitrogens with one attached hydrogen (secondary N) is 2. The van der Waals surface area contributed by atoms with E-state index in [1.165, 1.54) is 82.8 Å². The van der Waals surface area contributed by atoms with Gasteiger partial charge < -0.3 is 15.2 Å². The number of hydrogen-bond acceptors (Lipinski definition) is 5. The number of nitrogens with zero attached hydrogens (tertiary/aromatic N) is 1. The SMILES string of the molecule is CC[C@H]1CC2C3CC[C@H](CCCNC(=O)NSN4CCOC(C)C4)C3(C)CC[C@@H]2C2(C)CCCCC12.CO. The number of carbonyl (C=O) groups is 1. The lowest BCUT2D eigenvalue weighted by Gasteiger charge is -2.62. The van der Waals surface area contributed by atoms with Crippen LogP contribution in [-0.4, -0.2) is 54.9 Å². The Labute approximate surface area is 237 Å². The van der Waals surface area contributed by atoms with Crippen molar-refractivity contribution >= 4 is 18.2 Å². The first-order chi connectivity index (χ1) is 18.3. The summed E-state index contributed by atoms with van der Waals surface area (Å²) in [5.41, 5.74) is 1.15. The van der Waals surface area contributed by atoms with Gasteiger partial charge in [-0.05, 0) is 111 Å². The monoisotopic (exact) mass is 551 g/mol. The van der Waals surface area contributed by atoms with E-state index in [0.717, 1.165) is 75.3 Å². The molecular formula is C31H57N3O3S. The Hall–Kier alpha value is -0.500. The Morgan fingerprint density at radius 3 is 2.61 bits per heavy atom. The summed E-state index contributed by atoms with van der Waals surface area (Å²) in [5, 5.41) is 10.1. The third-order valence-corrected chi connectivity index (χ3v) is 12.8. The van der Waals surface area contributed by atoms with Crippen molar-refractivity contribution < 1.29 is 14.6 Å². The number of ether oxygens (including phenoxy) is 1. The molecular weight excluding hydrogens is 494 g/mol. The molecule has 6 nitrogen and oxygen atoms in total. The molecule has 1 heterocycles. The van der Waals surface area contributed by atoms with Gasteiger partial charge >= 0.3 is 6.03 Å². The molecule has 0 aromatic carbocycles. The lowest BCUT2D eigenvalue weighted by atomic mass is 9.42. The number of carbonyl (C=O) groups excluding carboxylic acids is 1. The molecule has 5 aliphatic rings. The highest BCUT2D eigenvalue weighted by molar-refractivity contribution is 7.95. The van der Waals surface area contributed by atoms with Crippen LogP contribution < -0.4 is 10.0 Å². The molecule has 0 bridgehead atoms. The van der Waals surface area contributed by atoms with E-state index in [4.69, 9.17) is 9.84 Å². The zero-order valence-corrected chi connectivity index (χ0v) is 25.8. The van der Waals surface area contributed by atoms with Gasteiger partial charge in [-0.3, -0.25) is 4.72 Å². The number of fused-ring (bicyclic) bond motifs is 5. The summed E-state index contributed by atoms with van der Waals surface area (Å²) in [7, 11) is 1.00. The van der Waals surface area contributed by atoms with Gasteiger partial charge in [-0.2, -0.15) is 0 Å². The smallest absolute Gasteiger partial charge is 0.325 e. The summed E-state index contributed by atoms with van der Waals surface area (Å²) >= 11 is 1.42. The Morgan fingerprint density at radius 2 is 1.84 bits per heavy atom. The molecule has 0 radical (unpaired) electrons. The van der Waals surface area contributed by atoms with E-state index in [0.29, 0.717) is 10.8 Å². The Bertz CT molecular complexity index is 771. The number of hydrogen-bond donors (Lipinski definition) is 3. The maximum absolute atomic E-state index is 12.3. The second kappa shape index (κ2) is 13.4. The van der Waals surface area contributed by atoms with Gasteiger partial charge in [-0.1, -0.05) is 40.0 Å². The fourth-order valence-electron chi connectivity index (χ4n) is 10.2. The van der Waals surface area contributed by atoms with Gasteiger partial charge in [0, 0.05) is 38.9 Å². The van der Waals surface area contributed by atoms with Crippen LogP contribution in [0.3, 0.4) is 0 Å². The normalized spacial score (nSPS) is 42.6. The highest BCUT2D eigenvalue weighted by atomic mass is 32.2. The standard InChI is InChI=1S/C30H53N3O2S.CH4O/c1-5-22-19-24-26-12-11-23(9-8-16-31-28(34)32-36-33-17-18-35-21(2)20-33)29(26,3)15-13-27(24)30(4)14-7-6-10-25(22)30;1-2/h21-27H,5-20H2,1-4H3,(H2,31,32,34);2H,1H3/t21?,22-,23-,24?,25?,26?,27-,29?,30?;/m0./s1. The third kappa shape index (κ3) is 6.21. The molecule has 5 rings (SSSR count). The molecule has 1 aliphatic heterocycles. The molecule has 7 heteroatoms. The summed E-state index contributed by atoms with van der Waals surface area (Å²) in [6, 6.07) is -0.0572. The van der Waals surface area contributed by atoms with E-state index in [9.17, 15) is 4.79 Å². The van der Waals surface area contributed by atoms with E-state index in [2.05, 4.69) is 42.0 Å². The molecule has 0 spiro atoms. The summed E-state index contributed by atoms with van der Waals surface area (Å²) < 4.78 is 10.7. The van der Waals surface area contributed by atoms with Crippen LogP contribution in [0.5, 0.6) is 0 Å². The highest BCUT2D eigenvalue weighted by Crippen LogP contribution is 2.69. The quantitative estimate of drug-likeness (QED) is 0.244. The van der Waals surface area contributed by atoms with E-state index in [1.807, 2.05) is 0 Å². The summed E-state index contributed by atoms with van der Waals surface area (Å²) in [4.78, 5) is 12.3. The van der Waals surface area contributed by atoms with Gasteiger partial charge in [-0.25, -0.2) is 9.10 Å². The highest BCUT2D eigenvalue weighted by Gasteiger charge is 2.60. The number of morpholine rings is 1. The maximum atomic E-state index is 12.3. The topological polar surface area (TPSA) is 73.8 Å². The Morgan fingerprint density at radius 1 is 1.05 bits per heavy atom. The molecule has 9 atom stereocenters. The van der Waals surface area contributed by atoms with Gasteiger partial charge in [0.25, 0.3) is 0 Å². The van der Waals surface area contributed by atoms with Gasteiger partial charge in [0.2, 0.25) is 0 Å².